The number of fused-ring (bicyclic) bond motifs is 1. The number of hydrogen-bond donors (Lipinski definition) is 0. The van der Waals surface area contributed by atoms with Crippen molar-refractivity contribution in [2.24, 2.45) is 5.92 Å². The molecule has 158 valence electrons. The first kappa shape index (κ1) is 21.2. The molecule has 7 heteroatoms. The maximum Gasteiger partial charge on any atom is 0.347 e. The van der Waals surface area contributed by atoms with E-state index in [1.807, 2.05) is 13.8 Å². The van der Waals surface area contributed by atoms with Crippen molar-refractivity contribution in [3.63, 3.8) is 0 Å². The van der Waals surface area contributed by atoms with Gasteiger partial charge >= 0.3 is 5.97 Å². The van der Waals surface area contributed by atoms with E-state index < -0.39 is 12.1 Å². The highest BCUT2D eigenvalue weighted by atomic mass is 16.6. The number of ether oxygens (including phenoxy) is 4. The van der Waals surface area contributed by atoms with Gasteiger partial charge in [-0.2, -0.15) is 0 Å². The smallest absolute Gasteiger partial charge is 0.347 e. The van der Waals surface area contributed by atoms with Gasteiger partial charge in [-0.15, -0.1) is 0 Å². The Morgan fingerprint density at radius 2 is 1.67 bits per heavy atom. The van der Waals surface area contributed by atoms with Gasteiger partial charge in [0.15, 0.2) is 6.10 Å². The molecule has 3 rings (SSSR count). The Labute approximate surface area is 174 Å². The van der Waals surface area contributed by atoms with Crippen LogP contribution in [-0.2, 0) is 9.53 Å². The largest absolute Gasteiger partial charge is 0.497 e. The molecule has 30 heavy (non-hydrogen) atoms. The minimum absolute atomic E-state index is 0.0620. The van der Waals surface area contributed by atoms with Gasteiger partial charge in [-0.25, -0.2) is 4.79 Å². The lowest BCUT2D eigenvalue weighted by Crippen LogP contribution is -2.27. The molecule has 0 spiro atoms. The second-order valence-corrected chi connectivity index (χ2v) is 7.15. The first-order chi connectivity index (χ1) is 14.4. The minimum Gasteiger partial charge on any atom is -0.497 e. The summed E-state index contributed by atoms with van der Waals surface area (Å²) in [5.74, 6) is 1.41. The fourth-order valence-corrected chi connectivity index (χ4v) is 2.62. The molecule has 0 radical (unpaired) electrons. The molecule has 0 saturated carbocycles. The molecule has 0 N–H and O–H groups in total. The molecule has 7 nitrogen and oxygen atoms in total. The molecule has 0 amide bonds. The Bertz CT molecular complexity index is 1070. The first-order valence-electron chi connectivity index (χ1n) is 9.58. The third kappa shape index (κ3) is 5.11. The monoisotopic (exact) mass is 412 g/mol. The zero-order chi connectivity index (χ0) is 21.7. The van der Waals surface area contributed by atoms with Crippen molar-refractivity contribution in [3.05, 3.63) is 59.0 Å². The molecule has 1 aromatic heterocycles. The van der Waals surface area contributed by atoms with Crippen LogP contribution in [0.2, 0.25) is 0 Å². The SMILES string of the molecule is COc1ccc(Oc2coc3cc(O[C@@H](C)C(=O)OCC(C)C)ccc3c2=O)cc1. The van der Waals surface area contributed by atoms with E-state index in [9.17, 15) is 9.59 Å². The normalized spacial score (nSPS) is 11.9. The van der Waals surface area contributed by atoms with Crippen LogP contribution in [0, 0.1) is 5.92 Å². The minimum atomic E-state index is -0.786. The van der Waals surface area contributed by atoms with Crippen molar-refractivity contribution < 1.29 is 28.2 Å². The fraction of sp³-hybridized carbons (Fsp3) is 0.304. The van der Waals surface area contributed by atoms with E-state index in [1.54, 1.807) is 56.5 Å². The van der Waals surface area contributed by atoms with Crippen LogP contribution in [0.3, 0.4) is 0 Å². The highest BCUT2D eigenvalue weighted by molar-refractivity contribution is 5.79. The van der Waals surface area contributed by atoms with Crippen LogP contribution in [0.1, 0.15) is 20.8 Å². The second-order valence-electron chi connectivity index (χ2n) is 7.15. The van der Waals surface area contributed by atoms with E-state index in [1.165, 1.54) is 6.26 Å². The highest BCUT2D eigenvalue weighted by Crippen LogP contribution is 2.25. The number of methoxy groups -OCH3 is 1. The van der Waals surface area contributed by atoms with Crippen molar-refractivity contribution in [2.45, 2.75) is 26.9 Å². The van der Waals surface area contributed by atoms with Gasteiger partial charge in [0.2, 0.25) is 11.2 Å². The molecule has 3 aromatic rings. The Morgan fingerprint density at radius 3 is 2.33 bits per heavy atom. The van der Waals surface area contributed by atoms with Gasteiger partial charge in [0, 0.05) is 6.07 Å². The molecular formula is C23H24O7. The number of hydrogen-bond acceptors (Lipinski definition) is 7. The summed E-state index contributed by atoms with van der Waals surface area (Å²) >= 11 is 0. The molecule has 0 aliphatic carbocycles. The summed E-state index contributed by atoms with van der Waals surface area (Å²) in [6.07, 6.45) is 0.463. The summed E-state index contributed by atoms with van der Waals surface area (Å²) in [6, 6.07) is 11.6. The molecule has 0 aliphatic rings. The average molecular weight is 412 g/mol. The molecule has 2 aromatic carbocycles. The van der Waals surface area contributed by atoms with Crippen LogP contribution in [0.15, 0.2) is 57.9 Å². The second kappa shape index (κ2) is 9.35. The summed E-state index contributed by atoms with van der Waals surface area (Å²) in [6.45, 7) is 5.85. The lowest BCUT2D eigenvalue weighted by Gasteiger charge is -2.15. The van der Waals surface area contributed by atoms with E-state index in [2.05, 4.69) is 0 Å². The van der Waals surface area contributed by atoms with Gasteiger partial charge in [0.1, 0.15) is 29.1 Å². The van der Waals surface area contributed by atoms with Gasteiger partial charge < -0.3 is 23.4 Å². The summed E-state index contributed by atoms with van der Waals surface area (Å²) in [7, 11) is 1.57. The van der Waals surface area contributed by atoms with Crippen LogP contribution in [0.5, 0.6) is 23.0 Å². The molecule has 0 fully saturated rings. The number of carbonyl (C=O) groups is 1. The van der Waals surface area contributed by atoms with E-state index in [0.29, 0.717) is 34.8 Å². The molecule has 1 heterocycles. The topological polar surface area (TPSA) is 84.2 Å². The lowest BCUT2D eigenvalue weighted by molar-refractivity contribution is -0.152. The Hall–Kier alpha value is -3.48. The lowest BCUT2D eigenvalue weighted by atomic mass is 10.2. The van der Waals surface area contributed by atoms with Crippen molar-refractivity contribution in [1.29, 1.82) is 0 Å². The third-order valence-corrected chi connectivity index (χ3v) is 4.21. The quantitative estimate of drug-likeness (QED) is 0.502. The van der Waals surface area contributed by atoms with Crippen molar-refractivity contribution in [1.82, 2.24) is 0 Å². The Kier molecular flexibility index (Phi) is 6.61. The van der Waals surface area contributed by atoms with Gasteiger partial charge in [-0.1, -0.05) is 13.8 Å². The predicted molar refractivity (Wildman–Crippen MR) is 111 cm³/mol. The zero-order valence-corrected chi connectivity index (χ0v) is 17.3. The van der Waals surface area contributed by atoms with E-state index in [4.69, 9.17) is 23.4 Å². The van der Waals surface area contributed by atoms with Crippen LogP contribution >= 0.6 is 0 Å². The number of benzene rings is 2. The summed E-state index contributed by atoms with van der Waals surface area (Å²) in [4.78, 5) is 24.7. The predicted octanol–water partition coefficient (Wildman–Crippen LogP) is 4.56. The summed E-state index contributed by atoms with van der Waals surface area (Å²) < 4.78 is 27.1. The molecule has 1 atom stereocenters. The Balaban J connectivity index is 1.75. The molecule has 0 saturated heterocycles. The van der Waals surface area contributed by atoms with Crippen LogP contribution in [-0.4, -0.2) is 25.8 Å². The molecule has 0 bridgehead atoms. The van der Waals surface area contributed by atoms with Crippen LogP contribution < -0.4 is 19.6 Å². The van der Waals surface area contributed by atoms with Crippen molar-refractivity contribution in [2.75, 3.05) is 13.7 Å². The van der Waals surface area contributed by atoms with Gasteiger partial charge in [0.05, 0.1) is 19.1 Å². The van der Waals surface area contributed by atoms with Crippen LogP contribution in [0.4, 0.5) is 0 Å². The fourth-order valence-electron chi connectivity index (χ4n) is 2.62. The van der Waals surface area contributed by atoms with Crippen molar-refractivity contribution >= 4 is 16.9 Å². The summed E-state index contributed by atoms with van der Waals surface area (Å²) in [5.41, 5.74) is 0.00494. The number of carbonyl (C=O) groups excluding carboxylic acids is 1. The third-order valence-electron chi connectivity index (χ3n) is 4.21. The zero-order valence-electron chi connectivity index (χ0n) is 17.3. The number of rotatable bonds is 8. The van der Waals surface area contributed by atoms with E-state index in [-0.39, 0.29) is 17.1 Å². The molecular weight excluding hydrogens is 388 g/mol. The first-order valence-corrected chi connectivity index (χ1v) is 9.58. The van der Waals surface area contributed by atoms with Gasteiger partial charge in [-0.3, -0.25) is 4.79 Å². The van der Waals surface area contributed by atoms with Gasteiger partial charge in [0.25, 0.3) is 0 Å². The maximum atomic E-state index is 12.7. The van der Waals surface area contributed by atoms with Crippen molar-refractivity contribution in [3.8, 4) is 23.0 Å². The van der Waals surface area contributed by atoms with Crippen LogP contribution in [0.25, 0.3) is 11.0 Å². The molecule has 0 aliphatic heterocycles. The number of esters is 1. The van der Waals surface area contributed by atoms with E-state index >= 15 is 0 Å². The summed E-state index contributed by atoms with van der Waals surface area (Å²) in [5, 5.41) is 0.336. The highest BCUT2D eigenvalue weighted by Gasteiger charge is 2.18. The Morgan fingerprint density at radius 1 is 1.00 bits per heavy atom. The van der Waals surface area contributed by atoms with Gasteiger partial charge in [-0.05, 0) is 49.2 Å². The standard InChI is InChI=1S/C23H24O7/c1-14(2)12-28-23(25)15(3)29-18-9-10-19-20(11-18)27-13-21(22(19)24)30-17-7-5-16(26-4)6-8-17/h5-11,13-15H,12H2,1-4H3/t15-/m0/s1. The molecule has 0 unspecified atom stereocenters. The maximum absolute atomic E-state index is 12.7. The average Bonchev–Trinajstić information content (AvgIpc) is 2.74. The van der Waals surface area contributed by atoms with E-state index in [0.717, 1.165) is 0 Å².